The van der Waals surface area contributed by atoms with Crippen LogP contribution in [-0.4, -0.2) is 13.2 Å². The number of hydrogen-bond donors (Lipinski definition) is 1. The molecular weight excluding hydrogens is 210 g/mol. The van der Waals surface area contributed by atoms with Crippen molar-refractivity contribution in [2.24, 2.45) is 0 Å². The van der Waals surface area contributed by atoms with E-state index in [0.29, 0.717) is 0 Å². The molecule has 17 heavy (non-hydrogen) atoms. The number of benzene rings is 1. The van der Waals surface area contributed by atoms with Crippen LogP contribution in [0.25, 0.3) is 0 Å². The fourth-order valence-corrected chi connectivity index (χ4v) is 2.91. The van der Waals surface area contributed by atoms with Gasteiger partial charge >= 0.3 is 0 Å². The molecule has 1 saturated carbocycles. The van der Waals surface area contributed by atoms with Crippen LogP contribution < -0.4 is 5.73 Å². The second kappa shape index (κ2) is 5.54. The summed E-state index contributed by atoms with van der Waals surface area (Å²) < 4.78 is 5.73. The number of nitrogen functional groups attached to an aromatic ring is 1. The van der Waals surface area contributed by atoms with E-state index in [1.807, 2.05) is 6.07 Å². The van der Waals surface area contributed by atoms with Gasteiger partial charge in [0.2, 0.25) is 0 Å². The molecule has 0 unspecified atom stereocenters. The highest BCUT2D eigenvalue weighted by Crippen LogP contribution is 2.40. The van der Waals surface area contributed by atoms with Crippen molar-refractivity contribution < 1.29 is 4.74 Å². The summed E-state index contributed by atoms with van der Waals surface area (Å²) in [5.41, 5.74) is 8.36. The van der Waals surface area contributed by atoms with Crippen LogP contribution in [0.3, 0.4) is 0 Å². The van der Waals surface area contributed by atoms with Crippen molar-refractivity contribution in [2.75, 3.05) is 18.9 Å². The van der Waals surface area contributed by atoms with Crippen LogP contribution in [-0.2, 0) is 10.2 Å². The Morgan fingerprint density at radius 1 is 1.24 bits per heavy atom. The first kappa shape index (κ1) is 12.4. The molecular formula is C15H23NO. The molecule has 0 aromatic heterocycles. The van der Waals surface area contributed by atoms with Crippen molar-refractivity contribution >= 4 is 5.69 Å². The Hall–Kier alpha value is -1.02. The van der Waals surface area contributed by atoms with Gasteiger partial charge in [0.1, 0.15) is 0 Å². The molecule has 0 radical (unpaired) electrons. The van der Waals surface area contributed by atoms with E-state index in [2.05, 4.69) is 25.1 Å². The molecule has 0 spiro atoms. The van der Waals surface area contributed by atoms with Gasteiger partial charge < -0.3 is 10.5 Å². The predicted octanol–water partition coefficient (Wildman–Crippen LogP) is 3.51. The van der Waals surface area contributed by atoms with E-state index in [1.54, 1.807) is 0 Å². The third-order valence-electron chi connectivity index (χ3n) is 3.89. The minimum atomic E-state index is 0.212. The maximum absolute atomic E-state index is 5.91. The Morgan fingerprint density at radius 2 is 2.00 bits per heavy atom. The Balaban J connectivity index is 2.25. The Morgan fingerprint density at radius 3 is 2.65 bits per heavy atom. The summed E-state index contributed by atoms with van der Waals surface area (Å²) in [6.07, 6.45) is 6.44. The third kappa shape index (κ3) is 2.81. The molecule has 1 aromatic carbocycles. The molecule has 0 aliphatic heterocycles. The molecule has 1 fully saturated rings. The summed E-state index contributed by atoms with van der Waals surface area (Å²) in [6.45, 7) is 3.70. The number of rotatable bonds is 4. The molecule has 0 saturated heterocycles. The van der Waals surface area contributed by atoms with E-state index in [4.69, 9.17) is 10.5 Å². The molecule has 1 aromatic rings. The molecule has 2 heteroatoms. The molecule has 0 amide bonds. The second-order valence-electron chi connectivity index (χ2n) is 5.10. The lowest BCUT2D eigenvalue weighted by Crippen LogP contribution is -2.34. The normalized spacial score (nSPS) is 19.1. The van der Waals surface area contributed by atoms with Crippen molar-refractivity contribution in [3.63, 3.8) is 0 Å². The van der Waals surface area contributed by atoms with E-state index < -0.39 is 0 Å². The standard InChI is InChI=1S/C15H23NO/c1-2-17-12-15(9-4-3-5-10-15)13-7-6-8-14(16)11-13/h6-8,11H,2-5,9-10,12,16H2,1H3. The van der Waals surface area contributed by atoms with E-state index in [9.17, 15) is 0 Å². The van der Waals surface area contributed by atoms with Crippen LogP contribution >= 0.6 is 0 Å². The summed E-state index contributed by atoms with van der Waals surface area (Å²) in [4.78, 5) is 0. The van der Waals surface area contributed by atoms with Crippen LogP contribution in [0, 0.1) is 0 Å². The van der Waals surface area contributed by atoms with Gasteiger partial charge in [0.15, 0.2) is 0 Å². The first-order chi connectivity index (χ1) is 8.27. The van der Waals surface area contributed by atoms with Gasteiger partial charge in [0.05, 0.1) is 6.61 Å². The average molecular weight is 233 g/mol. The van der Waals surface area contributed by atoms with Crippen LogP contribution in [0.1, 0.15) is 44.6 Å². The van der Waals surface area contributed by atoms with Crippen molar-refractivity contribution in [3.05, 3.63) is 29.8 Å². The zero-order chi connectivity index (χ0) is 12.1. The lowest BCUT2D eigenvalue weighted by Gasteiger charge is -2.37. The SMILES string of the molecule is CCOCC1(c2cccc(N)c2)CCCCC1. The highest BCUT2D eigenvalue weighted by atomic mass is 16.5. The molecule has 0 heterocycles. The van der Waals surface area contributed by atoms with Gasteiger partial charge in [0, 0.05) is 17.7 Å². The summed E-state index contributed by atoms with van der Waals surface area (Å²) in [6, 6.07) is 8.36. The molecule has 2 nitrogen and oxygen atoms in total. The van der Waals surface area contributed by atoms with Gasteiger partial charge in [-0.05, 0) is 37.5 Å². The highest BCUT2D eigenvalue weighted by molar-refractivity contribution is 5.43. The van der Waals surface area contributed by atoms with E-state index in [-0.39, 0.29) is 5.41 Å². The van der Waals surface area contributed by atoms with Crippen molar-refractivity contribution in [2.45, 2.75) is 44.4 Å². The van der Waals surface area contributed by atoms with E-state index in [1.165, 1.54) is 37.7 Å². The fraction of sp³-hybridized carbons (Fsp3) is 0.600. The molecule has 1 aliphatic rings. The highest BCUT2D eigenvalue weighted by Gasteiger charge is 2.34. The zero-order valence-corrected chi connectivity index (χ0v) is 10.7. The molecule has 94 valence electrons. The monoisotopic (exact) mass is 233 g/mol. The van der Waals surface area contributed by atoms with Gasteiger partial charge in [-0.2, -0.15) is 0 Å². The largest absolute Gasteiger partial charge is 0.399 e. The summed E-state index contributed by atoms with van der Waals surface area (Å²) in [5, 5.41) is 0. The third-order valence-corrected chi connectivity index (χ3v) is 3.89. The van der Waals surface area contributed by atoms with Crippen LogP contribution in [0.2, 0.25) is 0 Å². The maximum atomic E-state index is 5.91. The average Bonchev–Trinajstić information content (AvgIpc) is 2.37. The number of hydrogen-bond acceptors (Lipinski definition) is 2. The molecule has 0 atom stereocenters. The van der Waals surface area contributed by atoms with Gasteiger partial charge in [-0.3, -0.25) is 0 Å². The fourth-order valence-electron chi connectivity index (χ4n) is 2.91. The molecule has 2 N–H and O–H groups in total. The lowest BCUT2D eigenvalue weighted by molar-refractivity contribution is 0.0722. The van der Waals surface area contributed by atoms with Crippen LogP contribution in [0.5, 0.6) is 0 Å². The number of nitrogens with two attached hydrogens (primary N) is 1. The minimum absolute atomic E-state index is 0.212. The lowest BCUT2D eigenvalue weighted by atomic mass is 9.70. The maximum Gasteiger partial charge on any atom is 0.0562 e. The Bertz CT molecular complexity index is 356. The second-order valence-corrected chi connectivity index (χ2v) is 5.10. The number of ether oxygens (including phenoxy) is 1. The Labute approximate surface area is 104 Å². The topological polar surface area (TPSA) is 35.2 Å². The quantitative estimate of drug-likeness (QED) is 0.808. The first-order valence-electron chi connectivity index (χ1n) is 6.71. The van der Waals surface area contributed by atoms with E-state index >= 15 is 0 Å². The van der Waals surface area contributed by atoms with Crippen molar-refractivity contribution in [1.29, 1.82) is 0 Å². The van der Waals surface area contributed by atoms with Gasteiger partial charge in [-0.1, -0.05) is 31.4 Å². The van der Waals surface area contributed by atoms with Crippen LogP contribution in [0.15, 0.2) is 24.3 Å². The summed E-state index contributed by atoms with van der Waals surface area (Å²) in [5.74, 6) is 0. The van der Waals surface area contributed by atoms with Gasteiger partial charge in [-0.15, -0.1) is 0 Å². The smallest absolute Gasteiger partial charge is 0.0562 e. The molecule has 2 rings (SSSR count). The minimum Gasteiger partial charge on any atom is -0.399 e. The van der Waals surface area contributed by atoms with Gasteiger partial charge in [-0.25, -0.2) is 0 Å². The number of anilines is 1. The van der Waals surface area contributed by atoms with E-state index in [0.717, 1.165) is 18.9 Å². The van der Waals surface area contributed by atoms with Gasteiger partial charge in [0.25, 0.3) is 0 Å². The van der Waals surface area contributed by atoms with Crippen molar-refractivity contribution in [3.8, 4) is 0 Å². The van der Waals surface area contributed by atoms with Crippen LogP contribution in [0.4, 0.5) is 5.69 Å². The zero-order valence-electron chi connectivity index (χ0n) is 10.7. The molecule has 1 aliphatic carbocycles. The first-order valence-corrected chi connectivity index (χ1v) is 6.71. The molecule has 0 bridgehead atoms. The summed E-state index contributed by atoms with van der Waals surface area (Å²) >= 11 is 0. The summed E-state index contributed by atoms with van der Waals surface area (Å²) in [7, 11) is 0. The van der Waals surface area contributed by atoms with Crippen molar-refractivity contribution in [1.82, 2.24) is 0 Å². The predicted molar refractivity (Wildman–Crippen MR) is 72.1 cm³/mol. The Kier molecular flexibility index (Phi) is 4.06.